The molecule has 1 aromatic carbocycles. The van der Waals surface area contributed by atoms with E-state index in [2.05, 4.69) is 59.6 Å². The minimum absolute atomic E-state index is 0.673. The maximum atomic E-state index is 4.05. The third-order valence-corrected chi connectivity index (χ3v) is 2.95. The zero-order valence-corrected chi connectivity index (χ0v) is 11.3. The van der Waals surface area contributed by atoms with Crippen molar-refractivity contribution in [2.75, 3.05) is 24.3 Å². The fourth-order valence-corrected chi connectivity index (χ4v) is 1.85. The van der Waals surface area contributed by atoms with E-state index in [0.29, 0.717) is 6.54 Å². The highest BCUT2D eigenvalue weighted by Gasteiger charge is 2.04. The first kappa shape index (κ1) is 12.4. The van der Waals surface area contributed by atoms with Crippen molar-refractivity contribution in [3.05, 3.63) is 35.9 Å². The second-order valence-electron chi connectivity index (χ2n) is 4.61. The van der Waals surface area contributed by atoms with Crippen LogP contribution < -0.4 is 10.2 Å². The molecule has 0 radical (unpaired) electrons. The maximum Gasteiger partial charge on any atom is 0.151 e. The minimum atomic E-state index is 0.673. The summed E-state index contributed by atoms with van der Waals surface area (Å²) in [6, 6.07) is 6.35. The molecule has 1 aromatic heterocycles. The van der Waals surface area contributed by atoms with Gasteiger partial charge in [-0.05, 0) is 24.6 Å². The largest absolute Gasteiger partial charge is 0.378 e. The molecule has 0 aliphatic heterocycles. The van der Waals surface area contributed by atoms with Gasteiger partial charge in [0.2, 0.25) is 0 Å². The standard InChI is InChI=1S/C13H19N5/c1-10-5-6-11(7-12(10)17(2)3)14-8-13-16-15-9-18(13)4/h5-7,9,14H,8H2,1-4H3. The van der Waals surface area contributed by atoms with Crippen LogP contribution in [0.1, 0.15) is 11.4 Å². The number of aromatic nitrogens is 3. The Morgan fingerprint density at radius 2 is 2.11 bits per heavy atom. The van der Waals surface area contributed by atoms with E-state index in [1.807, 2.05) is 11.6 Å². The molecule has 0 fully saturated rings. The quantitative estimate of drug-likeness (QED) is 0.892. The molecule has 1 N–H and O–H groups in total. The van der Waals surface area contributed by atoms with Gasteiger partial charge in [-0.1, -0.05) is 6.07 Å². The van der Waals surface area contributed by atoms with Crippen LogP contribution in [0.3, 0.4) is 0 Å². The molecule has 1 heterocycles. The number of anilines is 2. The van der Waals surface area contributed by atoms with Crippen LogP contribution in [0, 0.1) is 6.92 Å². The molecule has 0 aliphatic rings. The van der Waals surface area contributed by atoms with Gasteiger partial charge in [-0.15, -0.1) is 10.2 Å². The van der Waals surface area contributed by atoms with Crippen LogP contribution in [0.2, 0.25) is 0 Å². The van der Waals surface area contributed by atoms with Gasteiger partial charge >= 0.3 is 0 Å². The highest BCUT2D eigenvalue weighted by Crippen LogP contribution is 2.22. The molecular formula is C13H19N5. The van der Waals surface area contributed by atoms with Gasteiger partial charge in [0.25, 0.3) is 0 Å². The molecule has 0 saturated heterocycles. The lowest BCUT2D eigenvalue weighted by molar-refractivity contribution is 0.812. The molecule has 5 nitrogen and oxygen atoms in total. The predicted octanol–water partition coefficient (Wildman–Crippen LogP) is 1.80. The van der Waals surface area contributed by atoms with E-state index in [-0.39, 0.29) is 0 Å². The number of benzene rings is 1. The molecular weight excluding hydrogens is 226 g/mol. The van der Waals surface area contributed by atoms with Gasteiger partial charge in [0.15, 0.2) is 5.82 Å². The van der Waals surface area contributed by atoms with E-state index < -0.39 is 0 Å². The monoisotopic (exact) mass is 245 g/mol. The fourth-order valence-electron chi connectivity index (χ4n) is 1.85. The smallest absolute Gasteiger partial charge is 0.151 e. The zero-order chi connectivity index (χ0) is 13.1. The normalized spacial score (nSPS) is 10.4. The van der Waals surface area contributed by atoms with Crippen LogP contribution in [0.15, 0.2) is 24.5 Å². The van der Waals surface area contributed by atoms with Gasteiger partial charge in [0.05, 0.1) is 6.54 Å². The second kappa shape index (κ2) is 5.08. The Bertz CT molecular complexity index is 530. The van der Waals surface area contributed by atoms with Crippen molar-refractivity contribution in [2.45, 2.75) is 13.5 Å². The van der Waals surface area contributed by atoms with Crippen molar-refractivity contribution in [2.24, 2.45) is 7.05 Å². The third kappa shape index (κ3) is 2.61. The molecule has 2 rings (SSSR count). The fraction of sp³-hybridized carbons (Fsp3) is 0.385. The summed E-state index contributed by atoms with van der Waals surface area (Å²) in [5, 5.41) is 11.3. The van der Waals surface area contributed by atoms with Crippen molar-refractivity contribution >= 4 is 11.4 Å². The number of aryl methyl sites for hydroxylation is 2. The van der Waals surface area contributed by atoms with Crippen molar-refractivity contribution < 1.29 is 0 Å². The lowest BCUT2D eigenvalue weighted by Crippen LogP contribution is -2.11. The molecule has 0 amide bonds. The van der Waals surface area contributed by atoms with Gasteiger partial charge in [-0.2, -0.15) is 0 Å². The molecule has 2 aromatic rings. The summed E-state index contributed by atoms with van der Waals surface area (Å²) in [6.45, 7) is 2.79. The lowest BCUT2D eigenvalue weighted by atomic mass is 10.1. The molecule has 0 aliphatic carbocycles. The van der Waals surface area contributed by atoms with E-state index in [4.69, 9.17) is 0 Å². The van der Waals surface area contributed by atoms with E-state index in [0.717, 1.165) is 11.5 Å². The summed E-state index contributed by atoms with van der Waals surface area (Å²) < 4.78 is 1.91. The molecule has 5 heteroatoms. The summed E-state index contributed by atoms with van der Waals surface area (Å²) >= 11 is 0. The van der Waals surface area contributed by atoms with Crippen LogP contribution in [-0.4, -0.2) is 28.9 Å². The van der Waals surface area contributed by atoms with E-state index in [1.165, 1.54) is 11.3 Å². The maximum absolute atomic E-state index is 4.05. The Morgan fingerprint density at radius 1 is 1.33 bits per heavy atom. The van der Waals surface area contributed by atoms with Crippen LogP contribution in [-0.2, 0) is 13.6 Å². The second-order valence-corrected chi connectivity index (χ2v) is 4.61. The number of nitrogens with zero attached hydrogens (tertiary/aromatic N) is 4. The predicted molar refractivity (Wildman–Crippen MR) is 73.8 cm³/mol. The molecule has 18 heavy (non-hydrogen) atoms. The van der Waals surface area contributed by atoms with Crippen LogP contribution in [0.25, 0.3) is 0 Å². The summed E-state index contributed by atoms with van der Waals surface area (Å²) in [6.07, 6.45) is 1.71. The Kier molecular flexibility index (Phi) is 3.50. The van der Waals surface area contributed by atoms with Crippen molar-refractivity contribution in [3.63, 3.8) is 0 Å². The molecule has 96 valence electrons. The van der Waals surface area contributed by atoms with Crippen molar-refractivity contribution in [1.82, 2.24) is 14.8 Å². The molecule has 0 saturated carbocycles. The summed E-state index contributed by atoms with van der Waals surface area (Å²) in [4.78, 5) is 2.11. The van der Waals surface area contributed by atoms with Gasteiger partial charge in [-0.3, -0.25) is 0 Å². The topological polar surface area (TPSA) is 46.0 Å². The SMILES string of the molecule is Cc1ccc(NCc2nncn2C)cc1N(C)C. The average Bonchev–Trinajstić information content (AvgIpc) is 2.73. The Hall–Kier alpha value is -2.04. The Balaban J connectivity index is 2.10. The van der Waals surface area contributed by atoms with Gasteiger partial charge in [-0.25, -0.2) is 0 Å². The third-order valence-electron chi connectivity index (χ3n) is 2.95. The summed E-state index contributed by atoms with van der Waals surface area (Å²) in [5.74, 6) is 0.918. The minimum Gasteiger partial charge on any atom is -0.378 e. The van der Waals surface area contributed by atoms with Crippen molar-refractivity contribution in [1.29, 1.82) is 0 Å². The number of hydrogen-bond donors (Lipinski definition) is 1. The summed E-state index contributed by atoms with van der Waals surface area (Å²) in [5.41, 5.74) is 3.58. The van der Waals surface area contributed by atoms with E-state index in [1.54, 1.807) is 6.33 Å². The van der Waals surface area contributed by atoms with Gasteiger partial charge < -0.3 is 14.8 Å². The summed E-state index contributed by atoms with van der Waals surface area (Å²) in [7, 11) is 6.04. The van der Waals surface area contributed by atoms with Gasteiger partial charge in [0, 0.05) is 32.5 Å². The lowest BCUT2D eigenvalue weighted by Gasteiger charge is -2.17. The Morgan fingerprint density at radius 3 is 2.72 bits per heavy atom. The van der Waals surface area contributed by atoms with Crippen LogP contribution in [0.4, 0.5) is 11.4 Å². The molecule has 0 spiro atoms. The highest BCUT2D eigenvalue weighted by atomic mass is 15.3. The number of rotatable bonds is 4. The first-order valence-corrected chi connectivity index (χ1v) is 5.92. The number of hydrogen-bond acceptors (Lipinski definition) is 4. The number of nitrogens with one attached hydrogen (secondary N) is 1. The van der Waals surface area contributed by atoms with Crippen LogP contribution in [0.5, 0.6) is 0 Å². The Labute approximate surface area is 107 Å². The van der Waals surface area contributed by atoms with Crippen LogP contribution >= 0.6 is 0 Å². The average molecular weight is 245 g/mol. The first-order chi connectivity index (χ1) is 8.58. The first-order valence-electron chi connectivity index (χ1n) is 5.92. The highest BCUT2D eigenvalue weighted by molar-refractivity contribution is 5.61. The molecule has 0 atom stereocenters. The molecule has 0 bridgehead atoms. The zero-order valence-electron chi connectivity index (χ0n) is 11.3. The van der Waals surface area contributed by atoms with E-state index in [9.17, 15) is 0 Å². The van der Waals surface area contributed by atoms with Crippen molar-refractivity contribution in [3.8, 4) is 0 Å². The van der Waals surface area contributed by atoms with E-state index >= 15 is 0 Å². The van der Waals surface area contributed by atoms with Gasteiger partial charge in [0.1, 0.15) is 6.33 Å². The molecule has 0 unspecified atom stereocenters.